The van der Waals surface area contributed by atoms with E-state index in [4.69, 9.17) is 4.74 Å². The number of nitrogens with zero attached hydrogens (tertiary/aromatic N) is 2. The molecule has 168 valence electrons. The Morgan fingerprint density at radius 2 is 2.00 bits per heavy atom. The van der Waals surface area contributed by atoms with Crippen LogP contribution in [-0.4, -0.2) is 40.1 Å². The number of rotatable bonds is 6. The van der Waals surface area contributed by atoms with Crippen LogP contribution in [0.15, 0.2) is 11.1 Å². The van der Waals surface area contributed by atoms with Crippen LogP contribution in [-0.2, 0) is 20.9 Å². The fourth-order valence-corrected chi connectivity index (χ4v) is 4.74. The van der Waals surface area contributed by atoms with Crippen molar-refractivity contribution in [1.82, 2.24) is 20.2 Å². The van der Waals surface area contributed by atoms with Gasteiger partial charge in [-0.25, -0.2) is 9.78 Å². The molecular formula is C21H28N4O5S. The van der Waals surface area contributed by atoms with Crippen molar-refractivity contribution < 1.29 is 19.1 Å². The molecule has 2 N–H and O–H groups in total. The Labute approximate surface area is 184 Å². The van der Waals surface area contributed by atoms with Crippen LogP contribution in [0.1, 0.15) is 49.5 Å². The molecule has 2 heterocycles. The predicted molar refractivity (Wildman–Crippen MR) is 117 cm³/mol. The lowest BCUT2D eigenvalue weighted by atomic mass is 9.86. The van der Waals surface area contributed by atoms with Crippen LogP contribution in [0.25, 0.3) is 10.2 Å². The molecule has 0 spiro atoms. The molecule has 1 aliphatic carbocycles. The van der Waals surface area contributed by atoms with Crippen molar-refractivity contribution in [2.45, 2.75) is 65.5 Å². The van der Waals surface area contributed by atoms with Gasteiger partial charge in [-0.05, 0) is 38.2 Å². The molecule has 1 saturated carbocycles. The van der Waals surface area contributed by atoms with Gasteiger partial charge in [0, 0.05) is 17.5 Å². The van der Waals surface area contributed by atoms with Crippen molar-refractivity contribution in [3.8, 4) is 0 Å². The Bertz CT molecular complexity index is 1040. The third-order valence-corrected chi connectivity index (χ3v) is 6.87. The van der Waals surface area contributed by atoms with Gasteiger partial charge < -0.3 is 10.1 Å². The van der Waals surface area contributed by atoms with E-state index in [9.17, 15) is 19.2 Å². The lowest BCUT2D eigenvalue weighted by molar-refractivity contribution is -0.148. The number of fused-ring (bicyclic) bond motifs is 1. The SMILES string of the molecule is Cc1sc2ncn(CCC(=O)OCC(=O)NC(=O)NC3CCCCC3C)c(=O)c2c1C. The molecule has 0 radical (unpaired) electrons. The van der Waals surface area contributed by atoms with Gasteiger partial charge in [0.05, 0.1) is 18.1 Å². The van der Waals surface area contributed by atoms with Gasteiger partial charge in [0.25, 0.3) is 11.5 Å². The number of hydrogen-bond donors (Lipinski definition) is 2. The van der Waals surface area contributed by atoms with Gasteiger partial charge in [0.1, 0.15) is 4.83 Å². The maximum Gasteiger partial charge on any atom is 0.321 e. The van der Waals surface area contributed by atoms with E-state index in [1.165, 1.54) is 22.2 Å². The zero-order chi connectivity index (χ0) is 22.5. The summed E-state index contributed by atoms with van der Waals surface area (Å²) in [6, 6.07) is -0.531. The third-order valence-electron chi connectivity index (χ3n) is 5.76. The molecule has 10 heteroatoms. The molecule has 3 amide bonds. The van der Waals surface area contributed by atoms with Crippen LogP contribution in [0.2, 0.25) is 0 Å². The molecule has 2 atom stereocenters. The van der Waals surface area contributed by atoms with Gasteiger partial charge in [-0.1, -0.05) is 19.8 Å². The molecule has 0 saturated heterocycles. The number of thiophene rings is 1. The third kappa shape index (κ3) is 5.69. The van der Waals surface area contributed by atoms with Gasteiger partial charge in [-0.2, -0.15) is 0 Å². The normalized spacial score (nSPS) is 18.5. The molecule has 2 aromatic heterocycles. The number of urea groups is 1. The first-order valence-electron chi connectivity index (χ1n) is 10.5. The molecule has 3 rings (SSSR count). The summed E-state index contributed by atoms with van der Waals surface area (Å²) in [7, 11) is 0. The molecule has 0 aliphatic heterocycles. The van der Waals surface area contributed by atoms with Crippen LogP contribution in [0, 0.1) is 19.8 Å². The molecule has 2 unspecified atom stereocenters. The number of ether oxygens (including phenoxy) is 1. The van der Waals surface area contributed by atoms with E-state index in [-0.39, 0.29) is 24.6 Å². The average Bonchev–Trinajstić information content (AvgIpc) is 3.02. The zero-order valence-corrected chi connectivity index (χ0v) is 18.8. The fourth-order valence-electron chi connectivity index (χ4n) is 3.76. The van der Waals surface area contributed by atoms with Crippen LogP contribution >= 0.6 is 11.3 Å². The minimum absolute atomic E-state index is 0.0454. The van der Waals surface area contributed by atoms with E-state index in [2.05, 4.69) is 22.5 Å². The summed E-state index contributed by atoms with van der Waals surface area (Å²) in [5, 5.41) is 5.56. The summed E-state index contributed by atoms with van der Waals surface area (Å²) in [4.78, 5) is 54.4. The van der Waals surface area contributed by atoms with Crippen LogP contribution in [0.5, 0.6) is 0 Å². The number of nitrogens with one attached hydrogen (secondary N) is 2. The van der Waals surface area contributed by atoms with Gasteiger partial charge in [0.2, 0.25) is 0 Å². The minimum Gasteiger partial charge on any atom is -0.456 e. The highest BCUT2D eigenvalue weighted by Gasteiger charge is 2.23. The van der Waals surface area contributed by atoms with Crippen molar-refractivity contribution in [1.29, 1.82) is 0 Å². The first kappa shape index (κ1) is 22.9. The summed E-state index contributed by atoms with van der Waals surface area (Å²) < 4.78 is 6.29. The highest BCUT2D eigenvalue weighted by atomic mass is 32.1. The van der Waals surface area contributed by atoms with Gasteiger partial charge in [-0.3, -0.25) is 24.3 Å². The van der Waals surface area contributed by atoms with E-state index < -0.39 is 24.5 Å². The molecule has 1 aliphatic rings. The van der Waals surface area contributed by atoms with Crippen molar-refractivity contribution in [3.05, 3.63) is 27.1 Å². The van der Waals surface area contributed by atoms with Crippen molar-refractivity contribution >= 4 is 39.5 Å². The molecule has 0 bridgehead atoms. The summed E-state index contributed by atoms with van der Waals surface area (Å²) in [6.45, 7) is 5.43. The standard InChI is InChI=1S/C21H28N4O5S/c1-12-6-4-5-7-15(12)23-21(29)24-16(26)10-30-17(27)8-9-25-11-22-19-18(20(25)28)13(2)14(3)31-19/h11-12,15H,4-10H2,1-3H3,(H2,23,24,26,29). The number of amides is 3. The Hall–Kier alpha value is -2.75. The molecule has 2 aromatic rings. The maximum absolute atomic E-state index is 12.6. The number of carbonyl (C=O) groups excluding carboxylic acids is 3. The van der Waals surface area contributed by atoms with E-state index in [0.29, 0.717) is 16.1 Å². The maximum atomic E-state index is 12.6. The minimum atomic E-state index is -0.695. The second-order valence-electron chi connectivity index (χ2n) is 8.01. The smallest absolute Gasteiger partial charge is 0.321 e. The van der Waals surface area contributed by atoms with Crippen LogP contribution in [0.4, 0.5) is 4.79 Å². The topological polar surface area (TPSA) is 119 Å². The first-order valence-corrected chi connectivity index (χ1v) is 11.3. The summed E-state index contributed by atoms with van der Waals surface area (Å²) in [5.41, 5.74) is 0.693. The number of aryl methyl sites for hydroxylation is 3. The molecule has 9 nitrogen and oxygen atoms in total. The van der Waals surface area contributed by atoms with Crippen LogP contribution in [0.3, 0.4) is 0 Å². The van der Waals surface area contributed by atoms with Gasteiger partial charge >= 0.3 is 12.0 Å². The summed E-state index contributed by atoms with van der Waals surface area (Å²) in [5.74, 6) is -0.966. The van der Waals surface area contributed by atoms with Crippen molar-refractivity contribution in [2.24, 2.45) is 5.92 Å². The van der Waals surface area contributed by atoms with Crippen molar-refractivity contribution in [3.63, 3.8) is 0 Å². The molecular weight excluding hydrogens is 420 g/mol. The number of esters is 1. The Balaban J connectivity index is 1.44. The highest BCUT2D eigenvalue weighted by Crippen LogP contribution is 2.25. The predicted octanol–water partition coefficient (Wildman–Crippen LogP) is 2.41. The Kier molecular flexibility index (Phi) is 7.42. The largest absolute Gasteiger partial charge is 0.456 e. The Morgan fingerprint density at radius 1 is 1.26 bits per heavy atom. The molecule has 31 heavy (non-hydrogen) atoms. The highest BCUT2D eigenvalue weighted by molar-refractivity contribution is 7.18. The van der Waals surface area contributed by atoms with Gasteiger partial charge in [0.15, 0.2) is 6.61 Å². The number of imide groups is 1. The second kappa shape index (κ2) is 10.0. The average molecular weight is 449 g/mol. The quantitative estimate of drug-likeness (QED) is 0.655. The van der Waals surface area contributed by atoms with E-state index >= 15 is 0 Å². The van der Waals surface area contributed by atoms with E-state index in [0.717, 1.165) is 36.1 Å². The number of hydrogen-bond acceptors (Lipinski definition) is 7. The molecule has 0 aromatic carbocycles. The van der Waals surface area contributed by atoms with Crippen LogP contribution < -0.4 is 16.2 Å². The summed E-state index contributed by atoms with van der Waals surface area (Å²) in [6.07, 6.45) is 5.47. The lowest BCUT2D eigenvalue weighted by Crippen LogP contribution is -2.48. The Morgan fingerprint density at radius 3 is 2.74 bits per heavy atom. The lowest BCUT2D eigenvalue weighted by Gasteiger charge is -2.29. The van der Waals surface area contributed by atoms with E-state index in [1.807, 2.05) is 13.8 Å². The van der Waals surface area contributed by atoms with E-state index in [1.54, 1.807) is 0 Å². The van der Waals surface area contributed by atoms with Crippen molar-refractivity contribution in [2.75, 3.05) is 6.61 Å². The summed E-state index contributed by atoms with van der Waals surface area (Å²) >= 11 is 1.46. The van der Waals surface area contributed by atoms with Gasteiger partial charge in [-0.15, -0.1) is 11.3 Å². The second-order valence-corrected chi connectivity index (χ2v) is 9.21. The zero-order valence-electron chi connectivity index (χ0n) is 18.0. The monoisotopic (exact) mass is 448 g/mol. The fraction of sp³-hybridized carbons (Fsp3) is 0.571. The number of carbonyl (C=O) groups is 3. The number of aromatic nitrogens is 2. The molecule has 1 fully saturated rings. The first-order chi connectivity index (χ1) is 14.8.